The molecule has 0 radical (unpaired) electrons. The van der Waals surface area contributed by atoms with Gasteiger partial charge in [-0.05, 0) is 73.1 Å². The van der Waals surface area contributed by atoms with E-state index in [0.29, 0.717) is 19.0 Å². The smallest absolute Gasteiger partial charge is 0.410 e. The van der Waals surface area contributed by atoms with E-state index in [-0.39, 0.29) is 6.09 Å². The summed E-state index contributed by atoms with van der Waals surface area (Å²) in [5.41, 5.74) is 2.10. The maximum absolute atomic E-state index is 12.5. The minimum absolute atomic E-state index is 0.219. The lowest BCUT2D eigenvalue weighted by molar-refractivity contribution is 0.0181. The molecule has 1 amide bonds. The number of benzene rings is 3. The molecule has 0 saturated carbocycles. The van der Waals surface area contributed by atoms with E-state index in [0.717, 1.165) is 48.2 Å². The van der Waals surface area contributed by atoms with Gasteiger partial charge in [-0.2, -0.15) is 0 Å². The Labute approximate surface area is 230 Å². The highest BCUT2D eigenvalue weighted by molar-refractivity contribution is 5.68. The van der Waals surface area contributed by atoms with Gasteiger partial charge < -0.3 is 9.64 Å². The zero-order valence-electron chi connectivity index (χ0n) is 23.0. The lowest BCUT2D eigenvalue weighted by Crippen LogP contribution is -2.42. The van der Waals surface area contributed by atoms with E-state index in [1.807, 2.05) is 48.6 Å². The molecule has 0 bridgehead atoms. The maximum atomic E-state index is 12.5. The zero-order chi connectivity index (χ0) is 27.3. The molecule has 39 heavy (non-hydrogen) atoms. The van der Waals surface area contributed by atoms with Crippen LogP contribution in [0.4, 0.5) is 4.79 Å². The van der Waals surface area contributed by atoms with Crippen molar-refractivity contribution < 1.29 is 9.53 Å². The Kier molecular flexibility index (Phi) is 7.77. The number of carbonyl (C=O) groups is 1. The Hall–Kier alpha value is -4.00. The summed E-state index contributed by atoms with van der Waals surface area (Å²) in [4.78, 5) is 14.3. The van der Waals surface area contributed by atoms with Gasteiger partial charge in [0.1, 0.15) is 11.1 Å². The largest absolute Gasteiger partial charge is 0.444 e. The van der Waals surface area contributed by atoms with E-state index in [9.17, 15) is 4.79 Å². The summed E-state index contributed by atoms with van der Waals surface area (Å²) in [6.07, 6.45) is 3.38. The number of hydrogen-bond donors (Lipinski definition) is 0. The van der Waals surface area contributed by atoms with Crippen molar-refractivity contribution in [3.8, 4) is 0 Å². The Morgan fingerprint density at radius 1 is 0.821 bits per heavy atom. The lowest BCUT2D eigenvalue weighted by atomic mass is 9.77. The molecule has 1 saturated heterocycles. The zero-order valence-corrected chi connectivity index (χ0v) is 23.0. The molecule has 1 aliphatic heterocycles. The molecule has 2 heterocycles. The average molecular weight is 524 g/mol. The lowest BCUT2D eigenvalue weighted by Gasteiger charge is -2.36. The topological polar surface area (TPSA) is 73.1 Å². The Bertz CT molecular complexity index is 1240. The third-order valence-corrected chi connectivity index (χ3v) is 7.47. The van der Waals surface area contributed by atoms with Gasteiger partial charge in [-0.3, -0.25) is 0 Å². The number of likely N-dealkylation sites (tertiary alicyclic amines) is 1. The van der Waals surface area contributed by atoms with Crippen molar-refractivity contribution in [1.29, 1.82) is 0 Å². The summed E-state index contributed by atoms with van der Waals surface area (Å²) < 4.78 is 7.58. The highest BCUT2D eigenvalue weighted by Gasteiger charge is 2.41. The molecule has 0 unspecified atom stereocenters. The second-order valence-electron chi connectivity index (χ2n) is 11.3. The van der Waals surface area contributed by atoms with Gasteiger partial charge in [-0.1, -0.05) is 91.0 Å². The standard InChI is InChI=1S/C32H37N5O2/c1-31(2,3)39-30(38)36-23-21-25(22-24-36)19-20-29-33-34-35-37(29)32(26-13-7-4-8-14-26,27-15-9-5-10-16-27)28-17-11-6-12-18-28/h4-18,25H,19-24H2,1-3H3. The average Bonchev–Trinajstić information content (AvgIpc) is 3.42. The summed E-state index contributed by atoms with van der Waals surface area (Å²) in [5.74, 6) is 1.34. The number of ether oxygens (including phenoxy) is 1. The van der Waals surface area contributed by atoms with E-state index >= 15 is 0 Å². The molecular formula is C32H37N5O2. The van der Waals surface area contributed by atoms with Crippen molar-refractivity contribution >= 4 is 6.09 Å². The number of tetrazole rings is 1. The number of nitrogens with zero attached hydrogens (tertiary/aromatic N) is 5. The van der Waals surface area contributed by atoms with Gasteiger partial charge in [0.15, 0.2) is 5.82 Å². The number of amides is 1. The van der Waals surface area contributed by atoms with Crippen LogP contribution >= 0.6 is 0 Å². The van der Waals surface area contributed by atoms with Crippen molar-refractivity contribution in [3.63, 3.8) is 0 Å². The van der Waals surface area contributed by atoms with Crippen LogP contribution < -0.4 is 0 Å². The fourth-order valence-electron chi connectivity index (χ4n) is 5.59. The molecule has 0 atom stereocenters. The Morgan fingerprint density at radius 3 is 1.77 bits per heavy atom. The van der Waals surface area contributed by atoms with Crippen molar-refractivity contribution in [2.75, 3.05) is 13.1 Å². The molecular weight excluding hydrogens is 486 g/mol. The van der Waals surface area contributed by atoms with E-state index in [2.05, 4.69) is 88.3 Å². The molecule has 1 aromatic heterocycles. The summed E-state index contributed by atoms with van der Waals surface area (Å²) in [6, 6.07) is 31.4. The molecule has 1 fully saturated rings. The monoisotopic (exact) mass is 523 g/mol. The molecule has 0 spiro atoms. The van der Waals surface area contributed by atoms with Crippen LogP contribution in [0.2, 0.25) is 0 Å². The van der Waals surface area contributed by atoms with E-state index < -0.39 is 11.1 Å². The first-order valence-corrected chi connectivity index (χ1v) is 13.8. The first kappa shape index (κ1) is 26.6. The van der Waals surface area contributed by atoms with Gasteiger partial charge in [-0.25, -0.2) is 9.48 Å². The fraction of sp³-hybridized carbons (Fsp3) is 0.375. The minimum Gasteiger partial charge on any atom is -0.444 e. The van der Waals surface area contributed by atoms with Crippen LogP contribution in [-0.4, -0.2) is 49.9 Å². The van der Waals surface area contributed by atoms with Crippen molar-refractivity contribution in [2.24, 2.45) is 5.92 Å². The molecule has 0 aliphatic carbocycles. The van der Waals surface area contributed by atoms with Crippen LogP contribution in [0.25, 0.3) is 0 Å². The molecule has 7 nitrogen and oxygen atoms in total. The maximum Gasteiger partial charge on any atom is 0.410 e. The van der Waals surface area contributed by atoms with Crippen LogP contribution in [0.15, 0.2) is 91.0 Å². The number of aromatic nitrogens is 4. The van der Waals surface area contributed by atoms with Crippen LogP contribution in [0.1, 0.15) is 62.5 Å². The number of carbonyl (C=O) groups excluding carboxylic acids is 1. The molecule has 1 aliphatic rings. The second-order valence-corrected chi connectivity index (χ2v) is 11.3. The van der Waals surface area contributed by atoms with Crippen molar-refractivity contribution in [3.05, 3.63) is 114 Å². The normalized spacial score (nSPS) is 14.8. The number of aryl methyl sites for hydroxylation is 1. The summed E-state index contributed by atoms with van der Waals surface area (Å²) in [7, 11) is 0. The predicted molar refractivity (Wildman–Crippen MR) is 151 cm³/mol. The number of rotatable bonds is 7. The van der Waals surface area contributed by atoms with Crippen molar-refractivity contribution in [2.45, 2.75) is 57.6 Å². The SMILES string of the molecule is CC(C)(C)OC(=O)N1CCC(CCc2nnnn2C(c2ccccc2)(c2ccccc2)c2ccccc2)CC1. The second kappa shape index (κ2) is 11.4. The fourth-order valence-corrected chi connectivity index (χ4v) is 5.59. The highest BCUT2D eigenvalue weighted by atomic mass is 16.6. The van der Waals surface area contributed by atoms with Gasteiger partial charge in [0.25, 0.3) is 0 Å². The first-order valence-electron chi connectivity index (χ1n) is 13.8. The van der Waals surface area contributed by atoms with E-state index in [1.54, 1.807) is 0 Å². The van der Waals surface area contributed by atoms with Gasteiger partial charge in [0.2, 0.25) is 0 Å². The van der Waals surface area contributed by atoms with Crippen LogP contribution in [0.3, 0.4) is 0 Å². The molecule has 202 valence electrons. The third kappa shape index (κ3) is 5.72. The van der Waals surface area contributed by atoms with Gasteiger partial charge in [0, 0.05) is 19.5 Å². The predicted octanol–water partition coefficient (Wildman–Crippen LogP) is 6.09. The quantitative estimate of drug-likeness (QED) is 0.274. The third-order valence-electron chi connectivity index (χ3n) is 7.47. The first-order chi connectivity index (χ1) is 18.9. The van der Waals surface area contributed by atoms with Crippen molar-refractivity contribution in [1.82, 2.24) is 25.1 Å². The molecule has 5 rings (SSSR count). The molecule has 4 aromatic rings. The molecule has 0 N–H and O–H groups in total. The molecule has 3 aromatic carbocycles. The van der Waals surface area contributed by atoms with Gasteiger partial charge >= 0.3 is 6.09 Å². The van der Waals surface area contributed by atoms with E-state index in [4.69, 9.17) is 4.74 Å². The minimum atomic E-state index is -0.720. The van der Waals surface area contributed by atoms with E-state index in [1.165, 1.54) is 0 Å². The van der Waals surface area contributed by atoms with Gasteiger partial charge in [0.05, 0.1) is 0 Å². The number of hydrogen-bond acceptors (Lipinski definition) is 5. The van der Waals surface area contributed by atoms with Crippen LogP contribution in [0.5, 0.6) is 0 Å². The Balaban J connectivity index is 1.43. The molecule has 7 heteroatoms. The number of piperidine rings is 1. The van der Waals surface area contributed by atoms with Gasteiger partial charge in [-0.15, -0.1) is 5.10 Å². The van der Waals surface area contributed by atoms with Crippen LogP contribution in [-0.2, 0) is 16.7 Å². The van der Waals surface area contributed by atoms with Crippen LogP contribution in [0, 0.1) is 5.92 Å². The summed E-state index contributed by atoms with van der Waals surface area (Å²) in [5, 5.41) is 13.4. The highest BCUT2D eigenvalue weighted by Crippen LogP contribution is 2.41. The summed E-state index contributed by atoms with van der Waals surface area (Å²) >= 11 is 0. The Morgan fingerprint density at radius 2 is 1.31 bits per heavy atom. The summed E-state index contributed by atoms with van der Waals surface area (Å²) in [6.45, 7) is 7.14.